The number of guanidine groups is 2. The Bertz CT molecular complexity index is 1610. The highest BCUT2D eigenvalue weighted by molar-refractivity contribution is 5.99. The number of anilines is 2. The van der Waals surface area contributed by atoms with Crippen LogP contribution in [0.4, 0.5) is 11.4 Å². The fraction of sp³-hybridized carbons (Fsp3) is 0.148. The lowest BCUT2D eigenvalue weighted by molar-refractivity contribution is 0.960. The molecule has 0 saturated heterocycles. The molecule has 5 aromatic rings. The number of nitrogens with zero attached hydrogens (tertiary/aromatic N) is 4. The third-order valence-electron chi connectivity index (χ3n) is 6.70. The Hall–Kier alpha value is -4.79. The van der Waals surface area contributed by atoms with E-state index in [0.717, 1.165) is 55.8 Å². The smallest absolute Gasteiger partial charge is 0.195 e. The summed E-state index contributed by atoms with van der Waals surface area (Å²) in [6, 6.07) is 20.4. The van der Waals surface area contributed by atoms with E-state index in [1.807, 2.05) is 56.7 Å². The van der Waals surface area contributed by atoms with E-state index in [1.165, 1.54) is 0 Å². The maximum atomic E-state index is 8.07. The van der Waals surface area contributed by atoms with Gasteiger partial charge >= 0.3 is 0 Å². The van der Waals surface area contributed by atoms with Gasteiger partial charge in [0.15, 0.2) is 11.9 Å². The Morgan fingerprint density at radius 2 is 1.64 bits per heavy atom. The second kappa shape index (κ2) is 8.77. The van der Waals surface area contributed by atoms with Crippen LogP contribution in [0.25, 0.3) is 44.5 Å². The van der Waals surface area contributed by atoms with Crippen molar-refractivity contribution in [2.75, 3.05) is 30.9 Å². The second-order valence-electron chi connectivity index (χ2n) is 8.78. The molecule has 0 atom stereocenters. The Labute approximate surface area is 209 Å². The predicted molar refractivity (Wildman–Crippen MR) is 149 cm³/mol. The molecule has 0 saturated carbocycles. The van der Waals surface area contributed by atoms with E-state index in [2.05, 4.69) is 39.1 Å². The molecule has 5 rings (SSSR count). The van der Waals surface area contributed by atoms with Crippen molar-refractivity contribution in [3.8, 4) is 22.5 Å². The summed E-state index contributed by atoms with van der Waals surface area (Å²) in [5.41, 5.74) is 13.5. The quantitative estimate of drug-likeness (QED) is 0.194. The zero-order valence-electron chi connectivity index (χ0n) is 20.7. The van der Waals surface area contributed by atoms with Gasteiger partial charge in [0.05, 0.1) is 11.0 Å². The first kappa shape index (κ1) is 23.0. The monoisotopic (exact) mass is 479 g/mol. The van der Waals surface area contributed by atoms with Crippen molar-refractivity contribution in [3.63, 3.8) is 0 Å². The average molecular weight is 480 g/mol. The number of hydrogen-bond acceptors (Lipinski definition) is 3. The molecule has 0 aliphatic carbocycles. The number of imidazole rings is 1. The fourth-order valence-corrected chi connectivity index (χ4v) is 4.43. The summed E-state index contributed by atoms with van der Waals surface area (Å²) in [4.78, 5) is 11.7. The van der Waals surface area contributed by atoms with Gasteiger partial charge in [0, 0.05) is 62.2 Å². The maximum absolute atomic E-state index is 8.07. The molecular formula is C27H29N9. The summed E-state index contributed by atoms with van der Waals surface area (Å²) in [6.45, 7) is 0. The van der Waals surface area contributed by atoms with Gasteiger partial charge in [0.1, 0.15) is 5.82 Å². The van der Waals surface area contributed by atoms with Gasteiger partial charge in [-0.15, -0.1) is 0 Å². The molecule has 3 aromatic carbocycles. The summed E-state index contributed by atoms with van der Waals surface area (Å²) in [5.74, 6) is 1.19. The van der Waals surface area contributed by atoms with E-state index in [4.69, 9.17) is 21.5 Å². The number of nitrogens with one attached hydrogen (secondary N) is 4. The van der Waals surface area contributed by atoms with Crippen molar-refractivity contribution in [1.29, 1.82) is 10.8 Å². The number of rotatable bonds is 4. The number of H-pyrrole nitrogens is 1. The zero-order valence-corrected chi connectivity index (χ0v) is 20.7. The molecule has 2 aromatic heterocycles. The van der Waals surface area contributed by atoms with Crippen molar-refractivity contribution in [2.24, 2.45) is 12.8 Å². The van der Waals surface area contributed by atoms with Gasteiger partial charge in [-0.1, -0.05) is 18.2 Å². The van der Waals surface area contributed by atoms with Crippen LogP contribution in [0.1, 0.15) is 0 Å². The molecule has 9 nitrogen and oxygen atoms in total. The lowest BCUT2D eigenvalue weighted by atomic mass is 10.0. The van der Waals surface area contributed by atoms with Crippen molar-refractivity contribution < 1.29 is 0 Å². The van der Waals surface area contributed by atoms with E-state index in [9.17, 15) is 0 Å². The molecular weight excluding hydrogens is 450 g/mol. The zero-order chi connectivity index (χ0) is 25.6. The number of aromatic nitrogens is 3. The summed E-state index contributed by atoms with van der Waals surface area (Å²) in [7, 11) is 7.40. The van der Waals surface area contributed by atoms with E-state index in [0.29, 0.717) is 5.96 Å². The maximum Gasteiger partial charge on any atom is 0.195 e. The second-order valence-corrected chi connectivity index (χ2v) is 8.78. The highest BCUT2D eigenvalue weighted by atomic mass is 15.3. The molecule has 0 amide bonds. The number of aryl methyl sites for hydroxylation is 1. The van der Waals surface area contributed by atoms with Crippen molar-refractivity contribution in [2.45, 2.75) is 0 Å². The largest absolute Gasteiger partial charge is 0.370 e. The van der Waals surface area contributed by atoms with E-state index >= 15 is 0 Å². The topological polar surface area (TPSA) is 126 Å². The number of hydrogen-bond donors (Lipinski definition) is 5. The molecule has 0 radical (unpaired) electrons. The summed E-state index contributed by atoms with van der Waals surface area (Å²) >= 11 is 0. The molecule has 0 fully saturated rings. The normalized spacial score (nSPS) is 11.1. The first-order chi connectivity index (χ1) is 17.3. The molecule has 0 spiro atoms. The Morgan fingerprint density at radius 3 is 2.33 bits per heavy atom. The molecule has 182 valence electrons. The number of fused-ring (bicyclic) bond motifs is 2. The van der Waals surface area contributed by atoms with Crippen molar-refractivity contribution in [3.05, 3.63) is 66.9 Å². The fourth-order valence-electron chi connectivity index (χ4n) is 4.43. The van der Waals surface area contributed by atoms with Gasteiger partial charge in [-0.25, -0.2) is 4.98 Å². The summed E-state index contributed by atoms with van der Waals surface area (Å²) in [5, 5.41) is 19.7. The average Bonchev–Trinajstić information content (AvgIpc) is 3.47. The van der Waals surface area contributed by atoms with Crippen LogP contribution < -0.4 is 20.9 Å². The first-order valence-corrected chi connectivity index (χ1v) is 11.5. The Morgan fingerprint density at radius 1 is 0.944 bits per heavy atom. The predicted octanol–water partition coefficient (Wildman–Crippen LogP) is 4.31. The highest BCUT2D eigenvalue weighted by Gasteiger charge is 2.16. The lowest BCUT2D eigenvalue weighted by Crippen LogP contribution is -2.35. The number of nitrogens with two attached hydrogens (primary N) is 1. The highest BCUT2D eigenvalue weighted by Crippen LogP contribution is 2.34. The van der Waals surface area contributed by atoms with Crippen molar-refractivity contribution >= 4 is 45.2 Å². The molecule has 9 heteroatoms. The molecule has 6 N–H and O–H groups in total. The third kappa shape index (κ3) is 3.80. The SMILES string of the molecule is CNC(=N)N(C)c1ccc2nc(-c3c[nH]c4ccc(-c5ccc(N(C)C(=N)N)cc5)cc34)n(C)c2c1. The molecule has 2 heterocycles. The minimum absolute atomic E-state index is 0.00245. The van der Waals surface area contributed by atoms with Crippen LogP contribution in [-0.4, -0.2) is 47.6 Å². The van der Waals surface area contributed by atoms with Gasteiger partial charge in [0.25, 0.3) is 0 Å². The van der Waals surface area contributed by atoms with Gasteiger partial charge in [-0.05, 0) is 53.6 Å². The molecule has 0 aliphatic heterocycles. The van der Waals surface area contributed by atoms with Crippen LogP contribution >= 0.6 is 0 Å². The molecule has 0 unspecified atom stereocenters. The molecule has 0 aliphatic rings. The number of benzene rings is 3. The van der Waals surface area contributed by atoms with E-state index < -0.39 is 0 Å². The van der Waals surface area contributed by atoms with E-state index in [-0.39, 0.29) is 5.96 Å². The van der Waals surface area contributed by atoms with Gasteiger partial charge < -0.3 is 30.4 Å². The minimum atomic E-state index is 0.00245. The van der Waals surface area contributed by atoms with Crippen LogP contribution in [0.3, 0.4) is 0 Å². The third-order valence-corrected chi connectivity index (χ3v) is 6.70. The Kier molecular flexibility index (Phi) is 5.60. The van der Waals surface area contributed by atoms with Gasteiger partial charge in [-0.3, -0.25) is 10.8 Å². The molecule has 36 heavy (non-hydrogen) atoms. The first-order valence-electron chi connectivity index (χ1n) is 11.5. The van der Waals surface area contributed by atoms with Gasteiger partial charge in [-0.2, -0.15) is 0 Å². The van der Waals surface area contributed by atoms with Crippen LogP contribution in [0.2, 0.25) is 0 Å². The van der Waals surface area contributed by atoms with Crippen molar-refractivity contribution in [1.82, 2.24) is 19.9 Å². The lowest BCUT2D eigenvalue weighted by Gasteiger charge is -2.19. The Balaban J connectivity index is 1.55. The minimum Gasteiger partial charge on any atom is -0.370 e. The van der Waals surface area contributed by atoms with Gasteiger partial charge in [0.2, 0.25) is 0 Å². The van der Waals surface area contributed by atoms with Crippen LogP contribution in [0.15, 0.2) is 66.9 Å². The van der Waals surface area contributed by atoms with Crippen LogP contribution in [0.5, 0.6) is 0 Å². The van der Waals surface area contributed by atoms with Crippen LogP contribution in [-0.2, 0) is 7.05 Å². The number of aromatic amines is 1. The summed E-state index contributed by atoms with van der Waals surface area (Å²) in [6.07, 6.45) is 2.00. The van der Waals surface area contributed by atoms with Crippen LogP contribution in [0, 0.1) is 10.8 Å². The van der Waals surface area contributed by atoms with E-state index in [1.54, 1.807) is 23.9 Å². The summed E-state index contributed by atoms with van der Waals surface area (Å²) < 4.78 is 2.09. The standard InChI is InChI=1S/C27H29N9/c1-31-27(30)35(3)19-10-12-23-24(14-19)36(4)25(33-23)21-15-32-22-11-7-17(13-20(21)22)16-5-8-18(9-6-16)34(2)26(28)29/h5-15,32H,1-4H3,(H3,28,29)(H2,30,31). The molecule has 0 bridgehead atoms.